The monoisotopic (exact) mass is 300 g/mol. The van der Waals surface area contributed by atoms with Crippen LogP contribution in [0.5, 0.6) is 0 Å². The molecule has 6 heteroatoms. The van der Waals surface area contributed by atoms with Crippen LogP contribution < -0.4 is 5.32 Å². The predicted octanol–water partition coefficient (Wildman–Crippen LogP) is 2.11. The molecule has 112 valence electrons. The van der Waals surface area contributed by atoms with Gasteiger partial charge in [-0.15, -0.1) is 0 Å². The van der Waals surface area contributed by atoms with Gasteiger partial charge in [-0.1, -0.05) is 19.4 Å². The van der Waals surface area contributed by atoms with Crippen molar-refractivity contribution in [2.75, 3.05) is 19.6 Å². The maximum atomic E-state index is 13.5. The van der Waals surface area contributed by atoms with E-state index in [1.54, 1.807) is 6.07 Å². The van der Waals surface area contributed by atoms with Crippen LogP contribution in [0.25, 0.3) is 0 Å². The van der Waals surface area contributed by atoms with Gasteiger partial charge in [0.15, 0.2) is 0 Å². The number of hydrogen-bond donors (Lipinski definition) is 1. The molecule has 0 bridgehead atoms. The number of rotatable bonds is 5. The Balaban J connectivity index is 2.35. The molecule has 1 aliphatic rings. The lowest BCUT2D eigenvalue weighted by Crippen LogP contribution is -2.36. The number of nitrogens with one attached hydrogen (secondary N) is 1. The van der Waals surface area contributed by atoms with Gasteiger partial charge in [0, 0.05) is 19.6 Å². The lowest BCUT2D eigenvalue weighted by Gasteiger charge is -2.26. The van der Waals surface area contributed by atoms with Crippen LogP contribution in [0.15, 0.2) is 23.1 Å². The molecule has 1 fully saturated rings. The largest absolute Gasteiger partial charge is 0.313 e. The first-order valence-electron chi connectivity index (χ1n) is 7.05. The van der Waals surface area contributed by atoms with Gasteiger partial charge in [-0.05, 0) is 37.1 Å². The molecule has 0 aliphatic carbocycles. The fourth-order valence-corrected chi connectivity index (χ4v) is 4.17. The molecule has 1 saturated heterocycles. The molecule has 0 amide bonds. The second-order valence-electron chi connectivity index (χ2n) is 5.00. The van der Waals surface area contributed by atoms with Crippen molar-refractivity contribution < 1.29 is 12.8 Å². The standard InChI is InChI=1S/C14H21FN2O2S/c1-2-16-11-12-6-7-13(15)10-14(12)20(18,19)17-8-4-3-5-9-17/h6-7,10,16H,2-5,8-9,11H2,1H3. The summed E-state index contributed by atoms with van der Waals surface area (Å²) >= 11 is 0. The lowest BCUT2D eigenvalue weighted by molar-refractivity contribution is 0.346. The van der Waals surface area contributed by atoms with Crippen LogP contribution >= 0.6 is 0 Å². The Morgan fingerprint density at radius 1 is 1.25 bits per heavy atom. The molecule has 0 spiro atoms. The summed E-state index contributed by atoms with van der Waals surface area (Å²) in [5.74, 6) is -0.513. The first-order valence-corrected chi connectivity index (χ1v) is 8.49. The molecule has 1 N–H and O–H groups in total. The Hall–Kier alpha value is -0.980. The van der Waals surface area contributed by atoms with Crippen molar-refractivity contribution in [1.82, 2.24) is 9.62 Å². The van der Waals surface area contributed by atoms with Crippen molar-refractivity contribution in [3.05, 3.63) is 29.6 Å². The maximum Gasteiger partial charge on any atom is 0.243 e. The molecule has 1 aromatic carbocycles. The first-order chi connectivity index (χ1) is 9.55. The van der Waals surface area contributed by atoms with E-state index in [9.17, 15) is 12.8 Å². The minimum Gasteiger partial charge on any atom is -0.313 e. The van der Waals surface area contributed by atoms with E-state index in [-0.39, 0.29) is 4.90 Å². The zero-order chi connectivity index (χ0) is 14.6. The summed E-state index contributed by atoms with van der Waals surface area (Å²) in [7, 11) is -3.59. The number of sulfonamides is 1. The van der Waals surface area contributed by atoms with E-state index < -0.39 is 15.8 Å². The molecule has 0 saturated carbocycles. The molecular weight excluding hydrogens is 279 g/mol. The summed E-state index contributed by atoms with van der Waals surface area (Å²) in [4.78, 5) is 0.0975. The van der Waals surface area contributed by atoms with E-state index in [4.69, 9.17) is 0 Å². The highest BCUT2D eigenvalue weighted by Crippen LogP contribution is 2.24. The summed E-state index contributed by atoms with van der Waals surface area (Å²) in [6.45, 7) is 4.17. The quantitative estimate of drug-likeness (QED) is 0.906. The fourth-order valence-electron chi connectivity index (χ4n) is 2.42. The summed E-state index contributed by atoms with van der Waals surface area (Å²) in [5, 5.41) is 3.09. The topological polar surface area (TPSA) is 49.4 Å². The molecule has 1 aromatic rings. The van der Waals surface area contributed by atoms with Crippen LogP contribution in [-0.4, -0.2) is 32.4 Å². The van der Waals surface area contributed by atoms with Gasteiger partial charge in [-0.2, -0.15) is 4.31 Å². The van der Waals surface area contributed by atoms with Crippen molar-refractivity contribution in [2.45, 2.75) is 37.6 Å². The molecule has 0 aromatic heterocycles. The van der Waals surface area contributed by atoms with Crippen LogP contribution in [0.3, 0.4) is 0 Å². The minimum absolute atomic E-state index is 0.0975. The second kappa shape index (κ2) is 6.65. The fraction of sp³-hybridized carbons (Fsp3) is 0.571. The normalized spacial score (nSPS) is 17.3. The van der Waals surface area contributed by atoms with E-state index in [0.717, 1.165) is 31.9 Å². The number of nitrogens with zero attached hydrogens (tertiary/aromatic N) is 1. The second-order valence-corrected chi connectivity index (χ2v) is 6.90. The van der Waals surface area contributed by atoms with Crippen molar-refractivity contribution in [1.29, 1.82) is 0 Å². The van der Waals surface area contributed by atoms with Gasteiger partial charge < -0.3 is 5.32 Å². The summed E-state index contributed by atoms with van der Waals surface area (Å²) in [6, 6.07) is 3.99. The van der Waals surface area contributed by atoms with Crippen LogP contribution in [0.4, 0.5) is 4.39 Å². The summed E-state index contributed by atoms with van der Waals surface area (Å²) in [5.41, 5.74) is 0.624. The number of halogens is 1. The van der Waals surface area contributed by atoms with Crippen LogP contribution in [0, 0.1) is 5.82 Å². The van der Waals surface area contributed by atoms with Crippen molar-refractivity contribution in [3.63, 3.8) is 0 Å². The Kier molecular flexibility index (Phi) is 5.12. The lowest BCUT2D eigenvalue weighted by atomic mass is 10.2. The van der Waals surface area contributed by atoms with Gasteiger partial charge in [0.05, 0.1) is 4.90 Å². The zero-order valence-corrected chi connectivity index (χ0v) is 12.5. The Bertz CT molecular complexity index is 554. The van der Waals surface area contributed by atoms with E-state index in [1.807, 2.05) is 6.92 Å². The third-order valence-electron chi connectivity index (χ3n) is 3.53. The third kappa shape index (κ3) is 3.37. The Labute approximate surface area is 120 Å². The van der Waals surface area contributed by atoms with Gasteiger partial charge in [-0.25, -0.2) is 12.8 Å². The Morgan fingerprint density at radius 3 is 2.60 bits per heavy atom. The molecule has 20 heavy (non-hydrogen) atoms. The van der Waals surface area contributed by atoms with Crippen LogP contribution in [0.2, 0.25) is 0 Å². The van der Waals surface area contributed by atoms with Gasteiger partial charge in [0.2, 0.25) is 10.0 Å². The molecule has 1 aliphatic heterocycles. The smallest absolute Gasteiger partial charge is 0.243 e. The zero-order valence-electron chi connectivity index (χ0n) is 11.7. The van der Waals surface area contributed by atoms with Crippen LogP contribution in [-0.2, 0) is 16.6 Å². The van der Waals surface area contributed by atoms with Gasteiger partial charge in [-0.3, -0.25) is 0 Å². The molecule has 0 unspecified atom stereocenters. The summed E-state index contributed by atoms with van der Waals surface area (Å²) < 4.78 is 40.2. The minimum atomic E-state index is -3.59. The average molecular weight is 300 g/mol. The maximum absolute atomic E-state index is 13.5. The SMILES string of the molecule is CCNCc1ccc(F)cc1S(=O)(=O)N1CCCCC1. The Morgan fingerprint density at radius 2 is 1.95 bits per heavy atom. The number of benzene rings is 1. The molecular formula is C14H21FN2O2S. The van der Waals surface area contributed by atoms with Gasteiger partial charge in [0.1, 0.15) is 5.82 Å². The van der Waals surface area contributed by atoms with Crippen molar-refractivity contribution in [3.8, 4) is 0 Å². The van der Waals surface area contributed by atoms with E-state index >= 15 is 0 Å². The molecule has 4 nitrogen and oxygen atoms in total. The third-order valence-corrected chi connectivity index (χ3v) is 5.51. The van der Waals surface area contributed by atoms with Crippen molar-refractivity contribution in [2.24, 2.45) is 0 Å². The van der Waals surface area contributed by atoms with E-state index in [2.05, 4.69) is 5.32 Å². The van der Waals surface area contributed by atoms with Crippen LogP contribution in [0.1, 0.15) is 31.7 Å². The molecule has 0 atom stereocenters. The first kappa shape index (κ1) is 15.4. The number of hydrogen-bond acceptors (Lipinski definition) is 3. The van der Waals surface area contributed by atoms with E-state index in [1.165, 1.54) is 10.4 Å². The van der Waals surface area contributed by atoms with Gasteiger partial charge >= 0.3 is 0 Å². The highest BCUT2D eigenvalue weighted by molar-refractivity contribution is 7.89. The highest BCUT2D eigenvalue weighted by Gasteiger charge is 2.28. The molecule has 1 heterocycles. The summed E-state index contributed by atoms with van der Waals surface area (Å²) in [6.07, 6.45) is 2.80. The van der Waals surface area contributed by atoms with E-state index in [0.29, 0.717) is 25.2 Å². The molecule has 0 radical (unpaired) electrons. The average Bonchev–Trinajstić information content (AvgIpc) is 2.47. The molecule has 2 rings (SSSR count). The highest BCUT2D eigenvalue weighted by atomic mass is 32.2. The van der Waals surface area contributed by atoms with Gasteiger partial charge in [0.25, 0.3) is 0 Å². The predicted molar refractivity (Wildman–Crippen MR) is 76.4 cm³/mol. The number of piperidine rings is 1. The van der Waals surface area contributed by atoms with Crippen molar-refractivity contribution >= 4 is 10.0 Å².